The smallest absolute Gasteiger partial charge is 0.387 e. The summed E-state index contributed by atoms with van der Waals surface area (Å²) >= 11 is 0. The van der Waals surface area contributed by atoms with Gasteiger partial charge < -0.3 is 18.8 Å². The van der Waals surface area contributed by atoms with Crippen molar-refractivity contribution >= 4 is 17.0 Å². The number of aromatic nitrogens is 3. The van der Waals surface area contributed by atoms with Crippen molar-refractivity contribution in [2.24, 2.45) is 7.05 Å². The highest BCUT2D eigenvalue weighted by Crippen LogP contribution is 2.30. The van der Waals surface area contributed by atoms with Gasteiger partial charge in [-0.2, -0.15) is 14.0 Å². The number of alkyl halides is 2. The van der Waals surface area contributed by atoms with Crippen molar-refractivity contribution in [2.75, 3.05) is 20.2 Å². The second-order valence-electron chi connectivity index (χ2n) is 9.95. The SMILES string of the molecule is COC(=O)c1cc(OC(F)F)c2nc(CN3CCC(Oc4cccc(Cc5ccc(C#N)cc5F)n4)CC3)n(C)c2c1. The summed E-state index contributed by atoms with van der Waals surface area (Å²) < 4.78 is 57.8. The van der Waals surface area contributed by atoms with E-state index in [-0.39, 0.29) is 34.9 Å². The molecule has 0 aliphatic carbocycles. The molecule has 0 bridgehead atoms. The van der Waals surface area contributed by atoms with Crippen LogP contribution in [-0.2, 0) is 24.8 Å². The summed E-state index contributed by atoms with van der Waals surface area (Å²) in [5.41, 5.74) is 2.18. The van der Waals surface area contributed by atoms with Gasteiger partial charge in [-0.25, -0.2) is 19.2 Å². The highest BCUT2D eigenvalue weighted by Gasteiger charge is 2.24. The Morgan fingerprint density at radius 2 is 1.93 bits per heavy atom. The van der Waals surface area contributed by atoms with Crippen molar-refractivity contribution in [1.29, 1.82) is 5.26 Å². The van der Waals surface area contributed by atoms with Gasteiger partial charge in [-0.15, -0.1) is 0 Å². The number of likely N-dealkylation sites (tertiary alicyclic amines) is 1. The Balaban J connectivity index is 1.22. The van der Waals surface area contributed by atoms with Gasteiger partial charge in [-0.3, -0.25) is 4.90 Å². The lowest BCUT2D eigenvalue weighted by atomic mass is 10.1. The van der Waals surface area contributed by atoms with E-state index in [2.05, 4.69) is 19.6 Å². The van der Waals surface area contributed by atoms with Crippen molar-refractivity contribution < 1.29 is 32.2 Å². The van der Waals surface area contributed by atoms with Crippen molar-refractivity contribution in [3.63, 3.8) is 0 Å². The summed E-state index contributed by atoms with van der Waals surface area (Å²) in [5, 5.41) is 8.94. The van der Waals surface area contributed by atoms with E-state index in [1.54, 1.807) is 41.9 Å². The largest absolute Gasteiger partial charge is 0.474 e. The van der Waals surface area contributed by atoms with Gasteiger partial charge in [0.25, 0.3) is 0 Å². The first-order valence-corrected chi connectivity index (χ1v) is 13.3. The zero-order valence-electron chi connectivity index (χ0n) is 23.0. The van der Waals surface area contributed by atoms with Gasteiger partial charge in [0.1, 0.15) is 23.3 Å². The lowest BCUT2D eigenvalue weighted by Crippen LogP contribution is -2.38. The first kappa shape index (κ1) is 28.9. The predicted molar refractivity (Wildman–Crippen MR) is 146 cm³/mol. The number of halogens is 3. The van der Waals surface area contributed by atoms with Crippen molar-refractivity contribution in [3.8, 4) is 17.7 Å². The normalized spacial score (nSPS) is 14.2. The Morgan fingerprint density at radius 3 is 2.62 bits per heavy atom. The molecular formula is C30H28F3N5O4. The number of pyridine rings is 1. The van der Waals surface area contributed by atoms with E-state index in [0.29, 0.717) is 48.1 Å². The number of nitrogens with zero attached hydrogens (tertiary/aromatic N) is 5. The van der Waals surface area contributed by atoms with Crippen molar-refractivity contribution in [1.82, 2.24) is 19.4 Å². The molecule has 5 rings (SSSR count). The third-order valence-electron chi connectivity index (χ3n) is 7.20. The van der Waals surface area contributed by atoms with Crippen LogP contribution in [0, 0.1) is 17.1 Å². The molecule has 218 valence electrons. The van der Waals surface area contributed by atoms with E-state index in [0.717, 1.165) is 12.8 Å². The Labute approximate surface area is 240 Å². The van der Waals surface area contributed by atoms with Crippen LogP contribution >= 0.6 is 0 Å². The number of carbonyl (C=O) groups is 1. The topological polar surface area (TPSA) is 102 Å². The molecule has 4 aromatic rings. The van der Waals surface area contributed by atoms with Crippen LogP contribution in [0.2, 0.25) is 0 Å². The Hall–Kier alpha value is -4.63. The fourth-order valence-electron chi connectivity index (χ4n) is 5.00. The molecule has 9 nitrogen and oxygen atoms in total. The third kappa shape index (κ3) is 6.47. The maximum Gasteiger partial charge on any atom is 0.387 e. The Bertz CT molecular complexity index is 1640. The van der Waals surface area contributed by atoms with Crippen LogP contribution in [0.3, 0.4) is 0 Å². The summed E-state index contributed by atoms with van der Waals surface area (Å²) in [6.07, 6.45) is 1.67. The molecule has 0 unspecified atom stereocenters. The summed E-state index contributed by atoms with van der Waals surface area (Å²) in [5.74, 6) is -0.203. The third-order valence-corrected chi connectivity index (χ3v) is 7.20. The fourth-order valence-corrected chi connectivity index (χ4v) is 5.00. The molecule has 0 atom stereocenters. The molecular weight excluding hydrogens is 551 g/mol. The second-order valence-corrected chi connectivity index (χ2v) is 9.95. The number of piperidine rings is 1. The number of imidazole rings is 1. The zero-order valence-corrected chi connectivity index (χ0v) is 23.0. The van der Waals surface area contributed by atoms with Crippen LogP contribution in [0.25, 0.3) is 11.0 Å². The van der Waals surface area contributed by atoms with Gasteiger partial charge in [0, 0.05) is 38.3 Å². The minimum Gasteiger partial charge on any atom is -0.474 e. The van der Waals surface area contributed by atoms with E-state index in [1.807, 2.05) is 12.1 Å². The number of aryl methyl sites for hydroxylation is 1. The summed E-state index contributed by atoms with van der Waals surface area (Å²) in [6, 6.07) is 14.5. The van der Waals surface area contributed by atoms with Crippen LogP contribution in [-0.4, -0.2) is 58.3 Å². The maximum absolute atomic E-state index is 14.3. The molecule has 0 saturated carbocycles. The van der Waals surface area contributed by atoms with E-state index < -0.39 is 18.4 Å². The molecule has 1 aliphatic rings. The molecule has 3 heterocycles. The first-order chi connectivity index (χ1) is 20.2. The highest BCUT2D eigenvalue weighted by atomic mass is 19.3. The molecule has 2 aromatic heterocycles. The number of esters is 1. The van der Waals surface area contributed by atoms with Gasteiger partial charge in [0.05, 0.1) is 36.4 Å². The first-order valence-electron chi connectivity index (χ1n) is 13.3. The van der Waals surface area contributed by atoms with Gasteiger partial charge in [-0.1, -0.05) is 12.1 Å². The molecule has 2 aromatic carbocycles. The monoisotopic (exact) mass is 579 g/mol. The lowest BCUT2D eigenvalue weighted by molar-refractivity contribution is -0.0489. The fraction of sp³-hybridized carbons (Fsp3) is 0.333. The van der Waals surface area contributed by atoms with Crippen molar-refractivity contribution in [2.45, 2.75) is 38.5 Å². The number of ether oxygens (including phenoxy) is 3. The Morgan fingerprint density at radius 1 is 1.14 bits per heavy atom. The number of methoxy groups -OCH3 is 1. The van der Waals surface area contributed by atoms with E-state index in [9.17, 15) is 18.0 Å². The van der Waals surface area contributed by atoms with Gasteiger partial charge in [0.15, 0.2) is 5.75 Å². The highest BCUT2D eigenvalue weighted by molar-refractivity contribution is 5.96. The molecule has 1 aliphatic heterocycles. The minimum atomic E-state index is -3.07. The summed E-state index contributed by atoms with van der Waals surface area (Å²) in [7, 11) is 2.98. The van der Waals surface area contributed by atoms with Crippen LogP contribution < -0.4 is 9.47 Å². The van der Waals surface area contributed by atoms with Gasteiger partial charge in [0.2, 0.25) is 5.88 Å². The molecule has 0 spiro atoms. The molecule has 1 saturated heterocycles. The minimum absolute atomic E-state index is 0.0650. The van der Waals surface area contributed by atoms with E-state index >= 15 is 0 Å². The standard InChI is InChI=1S/C30H28F3N5O4/c1-37-24-14-20(29(39)40-2)15-25(42-30(32)33)28(24)36-26(37)17-38-10-8-22(9-11-38)41-27-5-3-4-21(35-27)13-19-7-6-18(16-34)12-23(19)31/h3-7,12,14-15,22,30H,8-11,13,17H2,1-2H3. The van der Waals surface area contributed by atoms with Crippen LogP contribution in [0.15, 0.2) is 48.5 Å². The number of carbonyl (C=O) groups excluding carboxylic acids is 1. The van der Waals surface area contributed by atoms with Gasteiger partial charge >= 0.3 is 12.6 Å². The number of nitriles is 1. The average Bonchev–Trinajstić information content (AvgIpc) is 3.29. The molecule has 0 radical (unpaired) electrons. The van der Waals surface area contributed by atoms with E-state index in [1.165, 1.54) is 19.2 Å². The van der Waals surface area contributed by atoms with E-state index in [4.69, 9.17) is 14.7 Å². The molecule has 0 N–H and O–H groups in total. The summed E-state index contributed by atoms with van der Waals surface area (Å²) in [4.78, 5) is 23.4. The maximum atomic E-state index is 14.3. The second kappa shape index (κ2) is 12.5. The number of benzene rings is 2. The van der Waals surface area contributed by atoms with Crippen molar-refractivity contribution in [3.05, 3.63) is 82.6 Å². The Kier molecular flexibility index (Phi) is 8.59. The average molecular weight is 580 g/mol. The number of hydrogen-bond acceptors (Lipinski definition) is 8. The van der Waals surface area contributed by atoms with Crippen LogP contribution in [0.5, 0.6) is 11.6 Å². The van der Waals surface area contributed by atoms with Crippen LogP contribution in [0.1, 0.15) is 45.8 Å². The molecule has 12 heteroatoms. The lowest BCUT2D eigenvalue weighted by Gasteiger charge is -2.31. The summed E-state index contributed by atoms with van der Waals surface area (Å²) in [6.45, 7) is -1.20. The predicted octanol–water partition coefficient (Wildman–Crippen LogP) is 5.00. The quantitative estimate of drug-likeness (QED) is 0.255. The molecule has 42 heavy (non-hydrogen) atoms. The molecule has 0 amide bonds. The molecule has 1 fully saturated rings. The van der Waals surface area contributed by atoms with Crippen LogP contribution in [0.4, 0.5) is 13.2 Å². The number of rotatable bonds is 9. The van der Waals surface area contributed by atoms with Gasteiger partial charge in [-0.05, 0) is 48.7 Å². The number of hydrogen-bond donors (Lipinski definition) is 0. The zero-order chi connectivity index (χ0) is 29.8. The number of fused-ring (bicyclic) bond motifs is 1.